The Morgan fingerprint density at radius 1 is 0.968 bits per heavy atom. The standard InChI is InChI=1S/C21H18N4O6/c1-30-20-11-16(13-22-23-17-7-9-18(10-8-17)24(26)27)19(25(28)29)12-21(20)31-14-15-5-3-2-4-6-15/h2-13,23H,14H2,1H3/b22-13-. The van der Waals surface area contributed by atoms with Gasteiger partial charge < -0.3 is 9.47 Å². The summed E-state index contributed by atoms with van der Waals surface area (Å²) in [4.78, 5) is 21.2. The van der Waals surface area contributed by atoms with Crippen molar-refractivity contribution in [2.75, 3.05) is 12.5 Å². The zero-order chi connectivity index (χ0) is 22.2. The molecule has 0 aliphatic heterocycles. The van der Waals surface area contributed by atoms with Gasteiger partial charge in [0, 0.05) is 12.1 Å². The molecule has 0 unspecified atom stereocenters. The smallest absolute Gasteiger partial charge is 0.282 e. The van der Waals surface area contributed by atoms with Crippen molar-refractivity contribution in [2.24, 2.45) is 5.10 Å². The van der Waals surface area contributed by atoms with E-state index in [1.54, 1.807) is 0 Å². The second-order valence-electron chi connectivity index (χ2n) is 6.27. The highest BCUT2D eigenvalue weighted by Gasteiger charge is 2.19. The minimum Gasteiger partial charge on any atom is -0.493 e. The van der Waals surface area contributed by atoms with Crippen LogP contribution in [0.15, 0.2) is 71.8 Å². The maximum atomic E-state index is 11.5. The molecule has 0 radical (unpaired) electrons. The van der Waals surface area contributed by atoms with Crippen molar-refractivity contribution in [3.8, 4) is 11.5 Å². The first-order valence-corrected chi connectivity index (χ1v) is 9.04. The van der Waals surface area contributed by atoms with E-state index in [0.717, 1.165) is 5.56 Å². The molecule has 0 amide bonds. The molecule has 3 rings (SSSR count). The topological polar surface area (TPSA) is 129 Å². The van der Waals surface area contributed by atoms with Gasteiger partial charge in [-0.2, -0.15) is 5.10 Å². The number of ether oxygens (including phenoxy) is 2. The van der Waals surface area contributed by atoms with Crippen LogP contribution in [0.4, 0.5) is 17.1 Å². The predicted octanol–water partition coefficient (Wildman–Crippen LogP) is 4.54. The number of nitro benzene ring substituents is 2. The number of anilines is 1. The fourth-order valence-corrected chi connectivity index (χ4v) is 2.67. The van der Waals surface area contributed by atoms with Crippen molar-refractivity contribution in [2.45, 2.75) is 6.61 Å². The summed E-state index contributed by atoms with van der Waals surface area (Å²) >= 11 is 0. The molecular formula is C21H18N4O6. The third kappa shape index (κ3) is 5.54. The zero-order valence-corrected chi connectivity index (χ0v) is 16.4. The molecule has 0 aliphatic carbocycles. The van der Waals surface area contributed by atoms with Crippen molar-refractivity contribution in [3.05, 3.63) is 98.1 Å². The minimum atomic E-state index is -0.540. The number of rotatable bonds is 9. The van der Waals surface area contributed by atoms with E-state index in [1.807, 2.05) is 30.3 Å². The van der Waals surface area contributed by atoms with Gasteiger partial charge in [-0.1, -0.05) is 30.3 Å². The number of hydrazone groups is 1. The quantitative estimate of drug-likeness (QED) is 0.304. The summed E-state index contributed by atoms with van der Waals surface area (Å²) < 4.78 is 11.0. The lowest BCUT2D eigenvalue weighted by molar-refractivity contribution is -0.385. The minimum absolute atomic E-state index is 0.0546. The maximum Gasteiger partial charge on any atom is 0.282 e. The summed E-state index contributed by atoms with van der Waals surface area (Å²) in [6.45, 7) is 0.226. The largest absolute Gasteiger partial charge is 0.493 e. The van der Waals surface area contributed by atoms with Crippen LogP contribution in [-0.2, 0) is 6.61 Å². The Morgan fingerprint density at radius 2 is 1.68 bits per heavy atom. The fourth-order valence-electron chi connectivity index (χ4n) is 2.67. The molecule has 10 nitrogen and oxygen atoms in total. The molecule has 0 saturated carbocycles. The van der Waals surface area contributed by atoms with Gasteiger partial charge in [0.15, 0.2) is 11.5 Å². The monoisotopic (exact) mass is 422 g/mol. The van der Waals surface area contributed by atoms with Crippen LogP contribution in [0.3, 0.4) is 0 Å². The first-order valence-electron chi connectivity index (χ1n) is 9.04. The maximum absolute atomic E-state index is 11.5. The Hall–Kier alpha value is -4.47. The lowest BCUT2D eigenvalue weighted by Gasteiger charge is -2.12. The Morgan fingerprint density at radius 3 is 2.29 bits per heavy atom. The lowest BCUT2D eigenvalue weighted by Crippen LogP contribution is -2.02. The molecule has 0 aromatic heterocycles. The molecule has 0 heterocycles. The second-order valence-corrected chi connectivity index (χ2v) is 6.27. The van der Waals surface area contributed by atoms with Crippen LogP contribution >= 0.6 is 0 Å². The molecule has 10 heteroatoms. The summed E-state index contributed by atoms with van der Waals surface area (Å²) in [5.41, 5.74) is 4.00. The highest BCUT2D eigenvalue weighted by atomic mass is 16.6. The van der Waals surface area contributed by atoms with Crippen LogP contribution in [0.2, 0.25) is 0 Å². The van der Waals surface area contributed by atoms with E-state index < -0.39 is 9.85 Å². The van der Waals surface area contributed by atoms with Crippen molar-refractivity contribution in [1.82, 2.24) is 0 Å². The predicted molar refractivity (Wildman–Crippen MR) is 115 cm³/mol. The molecule has 0 spiro atoms. The molecule has 0 atom stereocenters. The molecule has 31 heavy (non-hydrogen) atoms. The summed E-state index contributed by atoms with van der Waals surface area (Å²) in [7, 11) is 1.44. The number of nitrogens with one attached hydrogen (secondary N) is 1. The number of hydrogen-bond acceptors (Lipinski definition) is 8. The number of methoxy groups -OCH3 is 1. The van der Waals surface area contributed by atoms with E-state index >= 15 is 0 Å². The molecule has 3 aromatic carbocycles. The van der Waals surface area contributed by atoms with Gasteiger partial charge in [-0.25, -0.2) is 0 Å². The van der Waals surface area contributed by atoms with Gasteiger partial charge >= 0.3 is 0 Å². The lowest BCUT2D eigenvalue weighted by atomic mass is 10.1. The van der Waals surface area contributed by atoms with Crippen molar-refractivity contribution in [3.63, 3.8) is 0 Å². The number of benzene rings is 3. The summed E-state index contributed by atoms with van der Waals surface area (Å²) in [6, 6.07) is 17.7. The van der Waals surface area contributed by atoms with Gasteiger partial charge in [-0.05, 0) is 23.8 Å². The third-order valence-electron chi connectivity index (χ3n) is 4.22. The molecule has 1 N–H and O–H groups in total. The molecule has 0 aliphatic rings. The average molecular weight is 422 g/mol. The van der Waals surface area contributed by atoms with Crippen LogP contribution in [-0.4, -0.2) is 23.2 Å². The normalized spacial score (nSPS) is 10.6. The molecule has 158 valence electrons. The average Bonchev–Trinajstić information content (AvgIpc) is 2.78. The van der Waals surface area contributed by atoms with Crippen LogP contribution in [0.25, 0.3) is 0 Å². The van der Waals surface area contributed by atoms with Crippen molar-refractivity contribution >= 4 is 23.3 Å². The van der Waals surface area contributed by atoms with Crippen LogP contribution in [0, 0.1) is 20.2 Å². The third-order valence-corrected chi connectivity index (χ3v) is 4.22. The first kappa shape index (κ1) is 21.2. The number of non-ortho nitro benzene ring substituents is 1. The number of hydrogen-bond donors (Lipinski definition) is 1. The van der Waals surface area contributed by atoms with Gasteiger partial charge in [0.2, 0.25) is 0 Å². The first-order chi connectivity index (χ1) is 15.0. The summed E-state index contributed by atoms with van der Waals surface area (Å²) in [5.74, 6) is 0.553. The molecular weight excluding hydrogens is 404 g/mol. The summed E-state index contributed by atoms with van der Waals surface area (Å²) in [6.07, 6.45) is 1.27. The van der Waals surface area contributed by atoms with Gasteiger partial charge in [0.05, 0.1) is 40.5 Å². The molecule has 0 fully saturated rings. The van der Waals surface area contributed by atoms with E-state index in [4.69, 9.17) is 9.47 Å². The van der Waals surface area contributed by atoms with E-state index in [9.17, 15) is 20.2 Å². The number of nitrogens with zero attached hydrogens (tertiary/aromatic N) is 3. The highest BCUT2D eigenvalue weighted by Crippen LogP contribution is 2.34. The van der Waals surface area contributed by atoms with Gasteiger partial charge in [0.25, 0.3) is 11.4 Å². The molecule has 0 bridgehead atoms. The summed E-state index contributed by atoms with van der Waals surface area (Å²) in [5, 5.41) is 26.2. The Labute approximate surface area is 177 Å². The zero-order valence-electron chi connectivity index (χ0n) is 16.4. The van der Waals surface area contributed by atoms with Crippen LogP contribution < -0.4 is 14.9 Å². The van der Waals surface area contributed by atoms with Crippen molar-refractivity contribution in [1.29, 1.82) is 0 Å². The highest BCUT2D eigenvalue weighted by molar-refractivity contribution is 5.87. The van der Waals surface area contributed by atoms with Crippen molar-refractivity contribution < 1.29 is 19.3 Å². The Kier molecular flexibility index (Phi) is 6.74. The van der Waals surface area contributed by atoms with Gasteiger partial charge in [-0.15, -0.1) is 0 Å². The molecule has 0 saturated heterocycles. The second kappa shape index (κ2) is 9.83. The SMILES string of the molecule is COc1cc(/C=N\Nc2ccc([N+](=O)[O-])cc2)c([N+](=O)[O-])cc1OCc1ccccc1. The van der Waals surface area contributed by atoms with E-state index in [1.165, 1.54) is 49.7 Å². The molecule has 3 aromatic rings. The van der Waals surface area contributed by atoms with E-state index in [0.29, 0.717) is 11.4 Å². The Balaban J connectivity index is 1.79. The number of nitro groups is 2. The van der Waals surface area contributed by atoms with Gasteiger partial charge in [0.1, 0.15) is 6.61 Å². The van der Waals surface area contributed by atoms with Crippen LogP contribution in [0.1, 0.15) is 11.1 Å². The van der Waals surface area contributed by atoms with Crippen LogP contribution in [0.5, 0.6) is 11.5 Å². The fraction of sp³-hybridized carbons (Fsp3) is 0.0952. The Bertz CT molecular complexity index is 1100. The van der Waals surface area contributed by atoms with E-state index in [-0.39, 0.29) is 29.3 Å². The van der Waals surface area contributed by atoms with Gasteiger partial charge in [-0.3, -0.25) is 25.7 Å². The van der Waals surface area contributed by atoms with E-state index in [2.05, 4.69) is 10.5 Å².